The van der Waals surface area contributed by atoms with Gasteiger partial charge in [-0.05, 0) is 73.6 Å². The van der Waals surface area contributed by atoms with Crippen molar-refractivity contribution in [1.82, 2.24) is 31.1 Å². The molecule has 2 saturated carbocycles. The van der Waals surface area contributed by atoms with E-state index in [-0.39, 0.29) is 30.9 Å². The smallest absolute Gasteiger partial charge is 0.326 e. The van der Waals surface area contributed by atoms with Gasteiger partial charge in [-0.15, -0.1) is 0 Å². The molecule has 376 valence electrons. The van der Waals surface area contributed by atoms with Crippen LogP contribution in [0.3, 0.4) is 0 Å². The number of hydrogen-bond acceptors (Lipinski definition) is 9. The average Bonchev–Trinajstić information content (AvgIpc) is 3.73. The van der Waals surface area contributed by atoms with Crippen LogP contribution in [-0.4, -0.2) is 100 Å². The highest BCUT2D eigenvalue weighted by Gasteiger charge is 2.32. The number of aliphatic carboxylic acids is 1. The fourth-order valence-electron chi connectivity index (χ4n) is 10.0. The molecule has 0 aromatic heterocycles. The lowest BCUT2D eigenvalue weighted by molar-refractivity contribution is -0.142. The molecule has 4 atom stereocenters. The van der Waals surface area contributed by atoms with Gasteiger partial charge in [0.1, 0.15) is 23.9 Å². The second kappa shape index (κ2) is 29.7. The minimum absolute atomic E-state index is 0.00327. The zero-order valence-corrected chi connectivity index (χ0v) is 40.9. The molecule has 5 rings (SSSR count). The topological polar surface area (TPSA) is 206 Å². The second-order valence-electron chi connectivity index (χ2n) is 19.8. The van der Waals surface area contributed by atoms with E-state index < -0.39 is 47.9 Å². The normalized spacial score (nSPS) is 17.4. The predicted octanol–water partition coefficient (Wildman–Crippen LogP) is 7.44. The molecule has 2 aliphatic carbocycles. The van der Waals surface area contributed by atoms with Crippen LogP contribution in [0.1, 0.15) is 159 Å². The molecule has 0 saturated heterocycles. The number of nitrogens with two attached hydrogens (primary N) is 1. The molecule has 3 aliphatic rings. The number of unbranched alkanes of at least 4 members (excludes halogenated alkanes) is 5. The molecule has 8 N–H and O–H groups in total. The molecular formula is C54H83N7O7. The van der Waals surface area contributed by atoms with E-state index in [0.29, 0.717) is 43.7 Å². The Labute approximate surface area is 406 Å². The molecule has 14 heteroatoms. The summed E-state index contributed by atoms with van der Waals surface area (Å²) in [5.41, 5.74) is 9.13. The van der Waals surface area contributed by atoms with Gasteiger partial charge in [-0.3, -0.25) is 19.2 Å². The Morgan fingerprint density at radius 2 is 1.25 bits per heavy atom. The second-order valence-corrected chi connectivity index (χ2v) is 19.8. The fourth-order valence-corrected chi connectivity index (χ4v) is 10.0. The summed E-state index contributed by atoms with van der Waals surface area (Å²) in [5, 5.41) is 31.3. The van der Waals surface area contributed by atoms with Gasteiger partial charge in [0.15, 0.2) is 0 Å². The maximum atomic E-state index is 14.4. The van der Waals surface area contributed by atoms with Crippen LogP contribution in [0.4, 0.5) is 0 Å². The van der Waals surface area contributed by atoms with Gasteiger partial charge in [0.2, 0.25) is 23.6 Å². The predicted molar refractivity (Wildman–Crippen MR) is 267 cm³/mol. The van der Waals surface area contributed by atoms with Gasteiger partial charge in [-0.2, -0.15) is 0 Å². The average molecular weight is 942 g/mol. The monoisotopic (exact) mass is 942 g/mol. The first-order chi connectivity index (χ1) is 33.0. The molecule has 4 amide bonds. The van der Waals surface area contributed by atoms with Crippen molar-refractivity contribution in [2.45, 2.75) is 185 Å². The van der Waals surface area contributed by atoms with Crippen molar-refractivity contribution in [3.05, 3.63) is 77.6 Å². The lowest BCUT2D eigenvalue weighted by Crippen LogP contribution is -2.58. The Morgan fingerprint density at radius 3 is 1.91 bits per heavy atom. The first kappa shape index (κ1) is 53.8. The number of carbonyl (C=O) groups excluding carboxylic acids is 4. The van der Waals surface area contributed by atoms with Gasteiger partial charge < -0.3 is 47.0 Å². The Balaban J connectivity index is 1.27. The summed E-state index contributed by atoms with van der Waals surface area (Å²) in [7, 11) is 0. The van der Waals surface area contributed by atoms with Crippen LogP contribution in [0.2, 0.25) is 0 Å². The van der Waals surface area contributed by atoms with Crippen LogP contribution >= 0.6 is 0 Å². The number of rotatable bonds is 30. The van der Waals surface area contributed by atoms with Crippen LogP contribution < -0.4 is 27.0 Å². The molecule has 68 heavy (non-hydrogen) atoms. The maximum Gasteiger partial charge on any atom is 0.326 e. The molecule has 2 aromatic carbocycles. The number of benzene rings is 2. The third-order valence-electron chi connectivity index (χ3n) is 14.2. The first-order valence-electron chi connectivity index (χ1n) is 26.1. The van der Waals surface area contributed by atoms with Crippen molar-refractivity contribution in [3.8, 4) is 5.75 Å². The summed E-state index contributed by atoms with van der Waals surface area (Å²) in [5.74, 6) is -1.51. The van der Waals surface area contributed by atoms with E-state index in [1.165, 1.54) is 76.3 Å². The third kappa shape index (κ3) is 19.5. The zero-order chi connectivity index (χ0) is 48.5. The molecule has 0 bridgehead atoms. The van der Waals surface area contributed by atoms with Crippen molar-refractivity contribution < 1.29 is 34.2 Å². The lowest BCUT2D eigenvalue weighted by Gasteiger charge is -2.29. The summed E-state index contributed by atoms with van der Waals surface area (Å²) in [6, 6.07) is 10.7. The summed E-state index contributed by atoms with van der Waals surface area (Å²) < 4.78 is 0. The van der Waals surface area contributed by atoms with E-state index in [0.717, 1.165) is 81.9 Å². The van der Waals surface area contributed by atoms with Gasteiger partial charge in [-0.25, -0.2) is 4.79 Å². The number of hydrogen-bond donors (Lipinski definition) is 7. The van der Waals surface area contributed by atoms with Gasteiger partial charge in [-0.1, -0.05) is 139 Å². The first-order valence-corrected chi connectivity index (χ1v) is 26.1. The van der Waals surface area contributed by atoms with E-state index in [9.17, 15) is 34.2 Å². The number of carbonyl (C=O) groups is 5. The summed E-state index contributed by atoms with van der Waals surface area (Å²) in [6.45, 7) is 5.25. The Kier molecular flexibility index (Phi) is 23.5. The maximum absolute atomic E-state index is 14.4. The lowest BCUT2D eigenvalue weighted by atomic mass is 9.87. The quantitative estimate of drug-likeness (QED) is 0.0386. The SMILES string of the molecule is CCCCCCCC(=O)NCCCC[C@H](NC(=O)[C@@H](N)CC1=CN(CCC2CCCCC2)CN1CCC1CCCCC1)C(=O)N[C@@H](Cc1ccccc1)C(=O)N[C@@H](Cc1ccc(O)cc1)C(=O)O. The fraction of sp³-hybridized carbons (Fsp3) is 0.648. The number of phenolic OH excluding ortho intramolecular Hbond substituents is 1. The van der Waals surface area contributed by atoms with Gasteiger partial charge in [0.05, 0.1) is 12.7 Å². The van der Waals surface area contributed by atoms with Crippen LogP contribution in [0.15, 0.2) is 66.5 Å². The van der Waals surface area contributed by atoms with E-state index in [1.807, 2.05) is 30.3 Å². The number of amides is 4. The highest BCUT2D eigenvalue weighted by Crippen LogP contribution is 2.30. The number of nitrogens with zero attached hydrogens (tertiary/aromatic N) is 2. The zero-order valence-electron chi connectivity index (χ0n) is 40.9. The number of carboxylic acids is 1. The molecule has 0 radical (unpaired) electrons. The van der Waals surface area contributed by atoms with E-state index in [4.69, 9.17) is 5.73 Å². The molecule has 14 nitrogen and oxygen atoms in total. The van der Waals surface area contributed by atoms with Crippen molar-refractivity contribution in [3.63, 3.8) is 0 Å². The largest absolute Gasteiger partial charge is 0.508 e. The van der Waals surface area contributed by atoms with Gasteiger partial charge >= 0.3 is 5.97 Å². The molecule has 1 aliphatic heterocycles. The summed E-state index contributed by atoms with van der Waals surface area (Å²) in [4.78, 5) is 72.3. The minimum Gasteiger partial charge on any atom is -0.508 e. The molecular weight excluding hydrogens is 859 g/mol. The van der Waals surface area contributed by atoms with E-state index >= 15 is 0 Å². The van der Waals surface area contributed by atoms with E-state index in [1.54, 1.807) is 12.1 Å². The standard InChI is InChI=1S/C54H83N7O7/c1-2-3-4-5-15-25-50(63)56-32-17-16-24-47(52(65)58-48(35-42-22-13-8-14-23-42)53(66)59-49(54(67)68)36-43-26-28-45(62)29-27-43)57-51(64)46(55)37-44-38-60(33-30-40-18-9-6-10-19-40)39-61(44)34-31-41-20-11-7-12-21-41/h8,13-14,22-23,26-29,38,40-41,46-49,62H,2-7,9-12,15-21,24-25,30-37,39,55H2,1H3,(H,56,63)(H,57,64)(H,58,65)(H,59,66)(H,67,68)/t46-,47-,48-,49-/m0/s1. The van der Waals surface area contributed by atoms with Crippen molar-refractivity contribution in [2.75, 3.05) is 26.3 Å². The summed E-state index contributed by atoms with van der Waals surface area (Å²) in [6.07, 6.45) is 24.8. The van der Waals surface area contributed by atoms with Crippen LogP contribution in [0, 0.1) is 11.8 Å². The molecule has 2 fully saturated rings. The van der Waals surface area contributed by atoms with Crippen LogP contribution in [-0.2, 0) is 36.8 Å². The number of phenols is 1. The van der Waals surface area contributed by atoms with Crippen molar-refractivity contribution in [2.24, 2.45) is 17.6 Å². The number of carboxylic acid groups (broad SMARTS) is 1. The molecule has 0 unspecified atom stereocenters. The summed E-state index contributed by atoms with van der Waals surface area (Å²) >= 11 is 0. The van der Waals surface area contributed by atoms with Crippen LogP contribution in [0.5, 0.6) is 5.75 Å². The van der Waals surface area contributed by atoms with Gasteiger partial charge in [0.25, 0.3) is 0 Å². The molecule has 2 aromatic rings. The van der Waals surface area contributed by atoms with Crippen molar-refractivity contribution in [1.29, 1.82) is 0 Å². The van der Waals surface area contributed by atoms with Gasteiger partial charge in [0, 0.05) is 57.2 Å². The highest BCUT2D eigenvalue weighted by atomic mass is 16.4. The van der Waals surface area contributed by atoms with Crippen molar-refractivity contribution >= 4 is 29.6 Å². The Hall–Kier alpha value is -5.11. The number of nitrogens with one attached hydrogen (secondary N) is 4. The Bertz CT molecular complexity index is 1870. The number of aromatic hydroxyl groups is 1. The van der Waals surface area contributed by atoms with Crippen LogP contribution in [0.25, 0.3) is 0 Å². The van der Waals surface area contributed by atoms with E-state index in [2.05, 4.69) is 44.2 Å². The third-order valence-corrected chi connectivity index (χ3v) is 14.2. The molecule has 0 spiro atoms. The minimum atomic E-state index is -1.32. The highest BCUT2D eigenvalue weighted by molar-refractivity contribution is 5.94. The Morgan fingerprint density at radius 1 is 0.662 bits per heavy atom. The molecule has 1 heterocycles.